The Kier molecular flexibility index (Phi) is 6.96. The molecule has 2 aromatic rings. The van der Waals surface area contributed by atoms with E-state index in [-0.39, 0.29) is 41.7 Å². The molecular formula is C25H33NO4. The molecule has 0 aliphatic carbocycles. The van der Waals surface area contributed by atoms with Crippen LogP contribution in [0, 0.1) is 0 Å². The third kappa shape index (κ3) is 5.62. The Labute approximate surface area is 179 Å². The van der Waals surface area contributed by atoms with Crippen molar-refractivity contribution in [1.82, 2.24) is 0 Å². The van der Waals surface area contributed by atoms with E-state index in [0.29, 0.717) is 11.4 Å². The first-order valence-corrected chi connectivity index (χ1v) is 10.3. The van der Waals surface area contributed by atoms with Gasteiger partial charge in [-0.05, 0) is 41.5 Å². The van der Waals surface area contributed by atoms with Gasteiger partial charge in [-0.1, -0.05) is 59.7 Å². The molecule has 0 aliphatic heterocycles. The van der Waals surface area contributed by atoms with Gasteiger partial charge < -0.3 is 10.2 Å². The summed E-state index contributed by atoms with van der Waals surface area (Å²) in [4.78, 5) is 25.7. The Bertz CT molecular complexity index is 870. The fraction of sp³-hybridized carbons (Fsp3) is 0.440. The van der Waals surface area contributed by atoms with Crippen molar-refractivity contribution in [2.24, 2.45) is 0 Å². The van der Waals surface area contributed by atoms with Crippen molar-refractivity contribution >= 4 is 23.3 Å². The summed E-state index contributed by atoms with van der Waals surface area (Å²) in [7, 11) is 0. The maximum Gasteiger partial charge on any atom is 0.303 e. The molecule has 0 heterocycles. The zero-order valence-corrected chi connectivity index (χ0v) is 18.8. The number of carboxylic acid groups (broad SMARTS) is 1. The Morgan fingerprint density at radius 1 is 0.833 bits per heavy atom. The van der Waals surface area contributed by atoms with Gasteiger partial charge in [0.1, 0.15) is 5.75 Å². The van der Waals surface area contributed by atoms with Gasteiger partial charge in [0.25, 0.3) is 0 Å². The van der Waals surface area contributed by atoms with Crippen LogP contribution in [0.4, 0.5) is 11.4 Å². The topological polar surface area (TPSA) is 77.8 Å². The van der Waals surface area contributed by atoms with E-state index in [1.165, 1.54) is 0 Å². The fourth-order valence-corrected chi connectivity index (χ4v) is 3.41. The lowest BCUT2D eigenvalue weighted by molar-refractivity contribution is -0.137. The number of aromatic hydroxyl groups is 1. The number of carboxylic acids is 1. The van der Waals surface area contributed by atoms with Crippen molar-refractivity contribution < 1.29 is 19.8 Å². The summed E-state index contributed by atoms with van der Waals surface area (Å²) in [6.07, 6.45) is 0.343. The van der Waals surface area contributed by atoms with Crippen molar-refractivity contribution in [2.75, 3.05) is 4.90 Å². The Hall–Kier alpha value is -2.82. The molecule has 0 aliphatic rings. The molecule has 162 valence electrons. The number of phenols is 1. The number of phenolic OH excluding ortho intramolecular Hbond substituents is 1. The summed E-state index contributed by atoms with van der Waals surface area (Å²) in [5.74, 6) is -0.832. The van der Waals surface area contributed by atoms with E-state index in [1.54, 1.807) is 4.90 Å². The van der Waals surface area contributed by atoms with Gasteiger partial charge in [-0.2, -0.15) is 0 Å². The zero-order chi connectivity index (χ0) is 22.7. The first-order chi connectivity index (χ1) is 13.8. The molecule has 0 saturated heterocycles. The van der Waals surface area contributed by atoms with E-state index in [0.717, 1.165) is 11.1 Å². The number of aliphatic carboxylic acids is 1. The number of hydrogen-bond donors (Lipinski definition) is 2. The third-order valence-electron chi connectivity index (χ3n) is 5.01. The molecule has 0 spiro atoms. The first-order valence-electron chi connectivity index (χ1n) is 10.3. The smallest absolute Gasteiger partial charge is 0.303 e. The van der Waals surface area contributed by atoms with E-state index < -0.39 is 5.97 Å². The van der Waals surface area contributed by atoms with Crippen molar-refractivity contribution in [3.05, 3.63) is 53.6 Å². The maximum absolute atomic E-state index is 13.2. The molecular weight excluding hydrogens is 378 g/mol. The number of rotatable bonds is 6. The number of nitrogens with zero attached hydrogens (tertiary/aromatic N) is 1. The van der Waals surface area contributed by atoms with Crippen LogP contribution in [0.3, 0.4) is 0 Å². The van der Waals surface area contributed by atoms with E-state index in [1.807, 2.05) is 84.0 Å². The number of amides is 1. The number of anilines is 2. The van der Waals surface area contributed by atoms with Crippen molar-refractivity contribution in [3.8, 4) is 5.75 Å². The molecule has 0 saturated carbocycles. The molecule has 30 heavy (non-hydrogen) atoms. The quantitative estimate of drug-likeness (QED) is 0.620. The number of carbonyl (C=O) groups excluding carboxylic acids is 1. The highest BCUT2D eigenvalue weighted by Gasteiger charge is 2.29. The van der Waals surface area contributed by atoms with Gasteiger partial charge >= 0.3 is 5.97 Å². The molecule has 0 atom stereocenters. The molecule has 5 nitrogen and oxygen atoms in total. The monoisotopic (exact) mass is 411 g/mol. The minimum atomic E-state index is -0.913. The molecule has 2 N–H and O–H groups in total. The SMILES string of the molecule is CC(C)(C)c1cc(N(C(=O)CCCC(=O)O)c2ccccc2)cc(C(C)(C)C)c1O. The summed E-state index contributed by atoms with van der Waals surface area (Å²) in [6, 6.07) is 13.1. The maximum atomic E-state index is 13.2. The van der Waals surface area contributed by atoms with Gasteiger partial charge in [-0.25, -0.2) is 0 Å². The first kappa shape index (κ1) is 23.5. The lowest BCUT2D eigenvalue weighted by Gasteiger charge is -2.31. The molecule has 1 amide bonds. The van der Waals surface area contributed by atoms with Gasteiger partial charge in [0.15, 0.2) is 0 Å². The van der Waals surface area contributed by atoms with Crippen LogP contribution < -0.4 is 4.90 Å². The Morgan fingerprint density at radius 3 is 1.77 bits per heavy atom. The van der Waals surface area contributed by atoms with Crippen LogP contribution in [0.5, 0.6) is 5.75 Å². The lowest BCUT2D eigenvalue weighted by Crippen LogP contribution is -2.27. The molecule has 5 heteroatoms. The minimum Gasteiger partial charge on any atom is -0.507 e. The second-order valence-electron chi connectivity index (χ2n) is 9.70. The average Bonchev–Trinajstić information content (AvgIpc) is 2.61. The second-order valence-corrected chi connectivity index (χ2v) is 9.70. The lowest BCUT2D eigenvalue weighted by atomic mass is 9.79. The summed E-state index contributed by atoms with van der Waals surface area (Å²) < 4.78 is 0. The fourth-order valence-electron chi connectivity index (χ4n) is 3.41. The van der Waals surface area contributed by atoms with Crippen LogP contribution in [-0.2, 0) is 20.4 Å². The molecule has 0 radical (unpaired) electrons. The van der Waals surface area contributed by atoms with Gasteiger partial charge in [0, 0.05) is 35.3 Å². The average molecular weight is 412 g/mol. The number of carbonyl (C=O) groups is 2. The van der Waals surface area contributed by atoms with Crippen LogP contribution in [0.1, 0.15) is 71.9 Å². The van der Waals surface area contributed by atoms with Crippen LogP contribution >= 0.6 is 0 Å². The predicted octanol–water partition coefficient (Wildman–Crippen LogP) is 5.91. The molecule has 2 rings (SSSR count). The van der Waals surface area contributed by atoms with Crippen molar-refractivity contribution in [1.29, 1.82) is 0 Å². The number of benzene rings is 2. The van der Waals surface area contributed by atoms with E-state index >= 15 is 0 Å². The van der Waals surface area contributed by atoms with E-state index in [4.69, 9.17) is 5.11 Å². The minimum absolute atomic E-state index is 0.0512. The molecule has 0 bridgehead atoms. The van der Waals surface area contributed by atoms with Crippen LogP contribution in [0.25, 0.3) is 0 Å². The van der Waals surface area contributed by atoms with Gasteiger partial charge in [-0.3, -0.25) is 14.5 Å². The largest absolute Gasteiger partial charge is 0.507 e. The van der Waals surface area contributed by atoms with Crippen molar-refractivity contribution in [2.45, 2.75) is 71.6 Å². The van der Waals surface area contributed by atoms with Crippen LogP contribution in [-0.4, -0.2) is 22.1 Å². The summed E-state index contributed by atoms with van der Waals surface area (Å²) >= 11 is 0. The number of hydrogen-bond acceptors (Lipinski definition) is 3. The highest BCUT2D eigenvalue weighted by molar-refractivity contribution is 6.01. The van der Waals surface area contributed by atoms with Crippen molar-refractivity contribution in [3.63, 3.8) is 0 Å². The predicted molar refractivity (Wildman–Crippen MR) is 121 cm³/mol. The third-order valence-corrected chi connectivity index (χ3v) is 5.01. The molecule has 0 fully saturated rings. The highest BCUT2D eigenvalue weighted by Crippen LogP contribution is 2.43. The molecule has 0 unspecified atom stereocenters. The molecule has 0 aromatic heterocycles. The van der Waals surface area contributed by atoms with Gasteiger partial charge in [0.2, 0.25) is 5.91 Å². The standard InChI is InChI=1S/C25H33NO4/c1-24(2,3)19-15-18(16-20(23(19)30)25(4,5)6)26(17-11-8-7-9-12-17)21(27)13-10-14-22(28)29/h7-9,11-12,15-16,30H,10,13-14H2,1-6H3,(H,28,29). The van der Waals surface area contributed by atoms with E-state index in [2.05, 4.69) is 0 Å². The summed E-state index contributed by atoms with van der Waals surface area (Å²) in [5, 5.41) is 19.9. The zero-order valence-electron chi connectivity index (χ0n) is 18.8. The van der Waals surface area contributed by atoms with Crippen LogP contribution in [0.2, 0.25) is 0 Å². The summed E-state index contributed by atoms with van der Waals surface area (Å²) in [6.45, 7) is 12.2. The van der Waals surface area contributed by atoms with E-state index in [9.17, 15) is 14.7 Å². The summed E-state index contributed by atoms with van der Waals surface area (Å²) in [5.41, 5.74) is 2.27. The number of para-hydroxylation sites is 1. The highest BCUT2D eigenvalue weighted by atomic mass is 16.4. The second kappa shape index (κ2) is 8.90. The Morgan fingerprint density at radius 2 is 1.33 bits per heavy atom. The van der Waals surface area contributed by atoms with Gasteiger partial charge in [-0.15, -0.1) is 0 Å². The Balaban J connectivity index is 2.65. The van der Waals surface area contributed by atoms with Crippen LogP contribution in [0.15, 0.2) is 42.5 Å². The molecule has 2 aromatic carbocycles. The normalized spacial score (nSPS) is 11.9. The van der Waals surface area contributed by atoms with Gasteiger partial charge in [0.05, 0.1) is 0 Å².